The average Bonchev–Trinajstić information content (AvgIpc) is 3.16. The number of aliphatic imine (C=N–C) groups is 1. The molecule has 0 fully saturated rings. The smallest absolute Gasteiger partial charge is 0.320 e. The molecular weight excluding hydrogens is 364 g/mol. The molecule has 0 N–H and O–H groups in total. The lowest BCUT2D eigenvalue weighted by atomic mass is 9.80. The second-order valence-corrected chi connectivity index (χ2v) is 7.05. The van der Waals surface area contributed by atoms with Crippen LogP contribution in [0.25, 0.3) is 6.08 Å². The van der Waals surface area contributed by atoms with Crippen LogP contribution in [0.1, 0.15) is 17.0 Å². The lowest BCUT2D eigenvalue weighted by molar-refractivity contribution is -0.147. The molecule has 0 aromatic carbocycles. The van der Waals surface area contributed by atoms with Crippen molar-refractivity contribution >= 4 is 29.1 Å². The number of pyridine rings is 1. The van der Waals surface area contributed by atoms with Crippen molar-refractivity contribution in [1.82, 2.24) is 4.98 Å². The number of rotatable bonds is 4. The highest BCUT2D eigenvalue weighted by atomic mass is 32.1. The maximum Gasteiger partial charge on any atom is 0.320 e. The van der Waals surface area contributed by atoms with Crippen molar-refractivity contribution < 1.29 is 19.0 Å². The van der Waals surface area contributed by atoms with Gasteiger partial charge in [0.1, 0.15) is 18.6 Å². The summed E-state index contributed by atoms with van der Waals surface area (Å²) in [5, 5.41) is 1.91. The number of hydrogen-bond donors (Lipinski definition) is 0. The van der Waals surface area contributed by atoms with Crippen molar-refractivity contribution in [2.75, 3.05) is 20.3 Å². The first-order valence-electron chi connectivity index (χ1n) is 8.52. The Labute approximate surface area is 160 Å². The van der Waals surface area contributed by atoms with Crippen LogP contribution in [0.3, 0.4) is 0 Å². The van der Waals surface area contributed by atoms with Crippen LogP contribution in [0.5, 0.6) is 11.5 Å². The van der Waals surface area contributed by atoms with Crippen LogP contribution in [-0.2, 0) is 9.53 Å². The maximum atomic E-state index is 12.7. The molecule has 0 bridgehead atoms. The van der Waals surface area contributed by atoms with E-state index in [9.17, 15) is 4.79 Å². The number of hydrogen-bond acceptors (Lipinski definition) is 7. The predicted molar refractivity (Wildman–Crippen MR) is 103 cm³/mol. The molecule has 2 aromatic rings. The molecule has 0 aliphatic carbocycles. The van der Waals surface area contributed by atoms with Crippen LogP contribution in [0.4, 0.5) is 0 Å². The van der Waals surface area contributed by atoms with E-state index in [1.54, 1.807) is 18.5 Å². The molecule has 0 saturated carbocycles. The lowest BCUT2D eigenvalue weighted by Crippen LogP contribution is -2.33. The molecule has 0 spiro atoms. The van der Waals surface area contributed by atoms with Crippen LogP contribution in [0.15, 0.2) is 53.1 Å². The molecular formula is C20H18N2O4S. The molecule has 1 unspecified atom stereocenters. The number of methoxy groups -OCH3 is 1. The van der Waals surface area contributed by atoms with E-state index in [1.807, 2.05) is 35.7 Å². The average molecular weight is 382 g/mol. The number of ether oxygens (including phenoxy) is 3. The highest BCUT2D eigenvalue weighted by Gasteiger charge is 2.38. The molecule has 138 valence electrons. The molecule has 27 heavy (non-hydrogen) atoms. The monoisotopic (exact) mass is 382 g/mol. The Morgan fingerprint density at radius 1 is 1.33 bits per heavy atom. The van der Waals surface area contributed by atoms with Gasteiger partial charge >= 0.3 is 5.97 Å². The summed E-state index contributed by atoms with van der Waals surface area (Å²) in [6, 6.07) is 5.62. The molecule has 6 nitrogen and oxygen atoms in total. The van der Waals surface area contributed by atoms with Gasteiger partial charge < -0.3 is 14.2 Å². The van der Waals surface area contributed by atoms with Crippen LogP contribution in [0.2, 0.25) is 0 Å². The van der Waals surface area contributed by atoms with Gasteiger partial charge in [0.15, 0.2) is 11.5 Å². The van der Waals surface area contributed by atoms with E-state index in [-0.39, 0.29) is 5.97 Å². The Kier molecular flexibility index (Phi) is 4.77. The summed E-state index contributed by atoms with van der Waals surface area (Å²) >= 11 is 1.51. The number of fused-ring (bicyclic) bond motifs is 1. The van der Waals surface area contributed by atoms with Gasteiger partial charge in [-0.05, 0) is 24.3 Å². The summed E-state index contributed by atoms with van der Waals surface area (Å²) < 4.78 is 16.4. The molecule has 2 aliphatic heterocycles. The third-order valence-electron chi connectivity index (χ3n) is 4.45. The fourth-order valence-corrected chi connectivity index (χ4v) is 3.89. The zero-order valence-electron chi connectivity index (χ0n) is 14.8. The molecule has 0 radical (unpaired) electrons. The normalized spacial score (nSPS) is 21.1. The number of carbonyl (C=O) groups excluding carboxylic acids is 1. The van der Waals surface area contributed by atoms with Gasteiger partial charge in [-0.25, -0.2) is 0 Å². The van der Waals surface area contributed by atoms with Crippen molar-refractivity contribution in [3.05, 3.63) is 58.7 Å². The highest BCUT2D eigenvalue weighted by molar-refractivity contribution is 7.11. The number of esters is 1. The van der Waals surface area contributed by atoms with Gasteiger partial charge in [0.25, 0.3) is 0 Å². The van der Waals surface area contributed by atoms with Gasteiger partial charge in [0.05, 0.1) is 23.4 Å². The van der Waals surface area contributed by atoms with Gasteiger partial charge in [-0.2, -0.15) is 0 Å². The molecule has 0 saturated heterocycles. The Balaban J connectivity index is 1.66. The topological polar surface area (TPSA) is 70.0 Å². The van der Waals surface area contributed by atoms with Crippen molar-refractivity contribution in [3.63, 3.8) is 0 Å². The van der Waals surface area contributed by atoms with Gasteiger partial charge in [-0.15, -0.1) is 11.3 Å². The molecule has 7 heteroatoms. The second-order valence-electron chi connectivity index (χ2n) is 6.14. The van der Waals surface area contributed by atoms with Gasteiger partial charge in [0.2, 0.25) is 0 Å². The van der Waals surface area contributed by atoms with E-state index >= 15 is 0 Å². The van der Waals surface area contributed by atoms with Gasteiger partial charge in [0, 0.05) is 24.2 Å². The summed E-state index contributed by atoms with van der Waals surface area (Å²) in [5.41, 5.74) is 0.533. The Bertz CT molecular complexity index is 933. The largest absolute Gasteiger partial charge is 0.485 e. The van der Waals surface area contributed by atoms with Gasteiger partial charge in [-0.3, -0.25) is 14.8 Å². The molecule has 1 atom stereocenters. The Morgan fingerprint density at radius 2 is 2.22 bits per heavy atom. The SMILES string of the molecule is COC(=O)C1(C=Cc2scc3c2OCCO3)C=CN=C(c2ccccn2)C1. The number of nitrogens with zero attached hydrogens (tertiary/aromatic N) is 2. The number of thiophene rings is 1. The lowest BCUT2D eigenvalue weighted by Gasteiger charge is -2.27. The first kappa shape index (κ1) is 17.5. The van der Waals surface area contributed by atoms with E-state index in [4.69, 9.17) is 14.2 Å². The highest BCUT2D eigenvalue weighted by Crippen LogP contribution is 2.41. The number of carbonyl (C=O) groups is 1. The minimum atomic E-state index is -0.949. The van der Waals surface area contributed by atoms with Crippen LogP contribution in [-0.4, -0.2) is 37.0 Å². The van der Waals surface area contributed by atoms with E-state index < -0.39 is 5.41 Å². The van der Waals surface area contributed by atoms with Crippen LogP contribution >= 0.6 is 11.3 Å². The summed E-state index contributed by atoms with van der Waals surface area (Å²) in [5.74, 6) is 1.12. The molecule has 0 amide bonds. The van der Waals surface area contributed by atoms with E-state index in [1.165, 1.54) is 18.4 Å². The summed E-state index contributed by atoms with van der Waals surface area (Å²) in [7, 11) is 1.39. The summed E-state index contributed by atoms with van der Waals surface area (Å²) in [6.45, 7) is 1.06. The fraction of sp³-hybridized carbons (Fsp3) is 0.250. The van der Waals surface area contributed by atoms with Crippen molar-refractivity contribution in [2.24, 2.45) is 10.4 Å². The van der Waals surface area contributed by atoms with Crippen molar-refractivity contribution in [2.45, 2.75) is 6.42 Å². The number of aromatic nitrogens is 1. The quantitative estimate of drug-likeness (QED) is 0.757. The Morgan fingerprint density at radius 3 is 3.04 bits per heavy atom. The Hall–Kier alpha value is -2.93. The third-order valence-corrected chi connectivity index (χ3v) is 5.36. The predicted octanol–water partition coefficient (Wildman–Crippen LogP) is 3.49. The fourth-order valence-electron chi connectivity index (χ4n) is 3.07. The molecule has 4 heterocycles. The van der Waals surface area contributed by atoms with Crippen molar-refractivity contribution in [1.29, 1.82) is 0 Å². The minimum Gasteiger partial charge on any atom is -0.485 e. The minimum absolute atomic E-state index is 0.346. The zero-order chi connectivity index (χ0) is 18.7. The molecule has 2 aliphatic rings. The van der Waals surface area contributed by atoms with Crippen LogP contribution in [0, 0.1) is 5.41 Å². The van der Waals surface area contributed by atoms with Gasteiger partial charge in [-0.1, -0.05) is 12.1 Å². The van der Waals surface area contributed by atoms with Crippen LogP contribution < -0.4 is 9.47 Å². The van der Waals surface area contributed by atoms with Crippen molar-refractivity contribution in [3.8, 4) is 11.5 Å². The first-order chi connectivity index (χ1) is 13.2. The maximum absolute atomic E-state index is 12.7. The summed E-state index contributed by atoms with van der Waals surface area (Å²) in [6.07, 6.45) is 9.21. The third kappa shape index (κ3) is 3.38. The molecule has 4 rings (SSSR count). The molecule has 2 aromatic heterocycles. The zero-order valence-corrected chi connectivity index (χ0v) is 15.6. The van der Waals surface area contributed by atoms with E-state index in [0.29, 0.717) is 19.6 Å². The second kappa shape index (κ2) is 7.36. The van der Waals surface area contributed by atoms with E-state index in [0.717, 1.165) is 27.8 Å². The standard InChI is InChI=1S/C20H18N2O4S/c1-24-19(23)20(6-5-17-18-16(13-27-17)25-10-11-26-18)7-9-22-15(12-20)14-4-2-3-8-21-14/h2-9,13H,10-12H2,1H3. The summed E-state index contributed by atoms with van der Waals surface area (Å²) in [4.78, 5) is 22.3. The van der Waals surface area contributed by atoms with E-state index in [2.05, 4.69) is 9.98 Å². The first-order valence-corrected chi connectivity index (χ1v) is 9.40.